The molecule has 0 unspecified atom stereocenters. The summed E-state index contributed by atoms with van der Waals surface area (Å²) in [5.74, 6) is -0.995. The second kappa shape index (κ2) is 12.0. The molecule has 0 aromatic heterocycles. The molecule has 2 amide bonds. The number of carbonyl (C=O) groups is 2. The van der Waals surface area contributed by atoms with E-state index in [0.29, 0.717) is 24.8 Å². The fraction of sp³-hybridized carbons (Fsp3) is 0.556. The van der Waals surface area contributed by atoms with Crippen LogP contribution in [0.15, 0.2) is 30.3 Å². The summed E-state index contributed by atoms with van der Waals surface area (Å²) in [6, 6.07) is 9.39. The number of anilines is 1. The Hall–Kier alpha value is -1.74. The summed E-state index contributed by atoms with van der Waals surface area (Å²) >= 11 is 0. The third-order valence-corrected chi connectivity index (χ3v) is 5.02. The van der Waals surface area contributed by atoms with Crippen molar-refractivity contribution >= 4 is 42.5 Å². The van der Waals surface area contributed by atoms with Crippen LogP contribution in [-0.4, -0.2) is 78.8 Å². The van der Waals surface area contributed by atoms with Gasteiger partial charge in [-0.1, -0.05) is 18.2 Å². The van der Waals surface area contributed by atoms with Crippen LogP contribution in [-0.2, 0) is 4.79 Å². The summed E-state index contributed by atoms with van der Waals surface area (Å²) in [5.41, 5.74) is 3.39. The summed E-state index contributed by atoms with van der Waals surface area (Å²) in [6.45, 7) is 4.88. The molecule has 0 atom stereocenters. The third kappa shape index (κ3) is 6.70. The zero-order valence-corrected chi connectivity index (χ0v) is 17.4. The molecule has 0 spiro atoms. The van der Waals surface area contributed by atoms with Crippen LogP contribution in [0.5, 0.6) is 0 Å². The monoisotopic (exact) mass is 433 g/mol. The number of amides is 2. The molecular formula is C18H29Cl2N5O3. The minimum atomic E-state index is -0.995. The molecule has 2 fully saturated rings. The molecular weight excluding hydrogens is 405 g/mol. The Kier molecular flexibility index (Phi) is 10.4. The SMILES string of the molecule is Cl.Cl.O=C(O)CN(NC(=O)N1CCN(C2CCNCC2)CC1)c1ccccc1. The zero-order valence-electron chi connectivity index (χ0n) is 15.7. The van der Waals surface area contributed by atoms with E-state index in [1.807, 2.05) is 18.2 Å². The topological polar surface area (TPSA) is 88.1 Å². The van der Waals surface area contributed by atoms with Crippen molar-refractivity contribution in [3.8, 4) is 0 Å². The number of carbonyl (C=O) groups excluding carboxylic acids is 1. The number of nitrogens with one attached hydrogen (secondary N) is 2. The minimum absolute atomic E-state index is 0. The van der Waals surface area contributed by atoms with E-state index in [-0.39, 0.29) is 37.4 Å². The number of rotatable bonds is 5. The van der Waals surface area contributed by atoms with Crippen LogP contribution in [0.4, 0.5) is 10.5 Å². The molecule has 0 aliphatic carbocycles. The fourth-order valence-corrected chi connectivity index (χ4v) is 3.59. The van der Waals surface area contributed by atoms with Crippen molar-refractivity contribution in [3.63, 3.8) is 0 Å². The van der Waals surface area contributed by atoms with E-state index in [1.165, 1.54) is 5.01 Å². The lowest BCUT2D eigenvalue weighted by Crippen LogP contribution is -2.58. The first-order valence-corrected chi connectivity index (χ1v) is 9.18. The van der Waals surface area contributed by atoms with Gasteiger partial charge in [-0.2, -0.15) is 0 Å². The molecule has 0 saturated carbocycles. The Morgan fingerprint density at radius 3 is 2.25 bits per heavy atom. The van der Waals surface area contributed by atoms with E-state index in [4.69, 9.17) is 5.11 Å². The Morgan fingerprint density at radius 1 is 1.07 bits per heavy atom. The Balaban J connectivity index is 0.00000196. The molecule has 0 bridgehead atoms. The van der Waals surface area contributed by atoms with Gasteiger partial charge in [0.15, 0.2) is 0 Å². The molecule has 10 heteroatoms. The molecule has 2 heterocycles. The highest BCUT2D eigenvalue weighted by Gasteiger charge is 2.27. The number of hydrogen-bond donors (Lipinski definition) is 3. The van der Waals surface area contributed by atoms with Gasteiger partial charge in [0.05, 0.1) is 5.69 Å². The lowest BCUT2D eigenvalue weighted by molar-refractivity contribution is -0.135. The molecule has 2 saturated heterocycles. The Bertz CT molecular complexity index is 608. The van der Waals surface area contributed by atoms with Crippen LogP contribution in [0.25, 0.3) is 0 Å². The Morgan fingerprint density at radius 2 is 1.68 bits per heavy atom. The number of benzene rings is 1. The molecule has 1 aromatic rings. The van der Waals surface area contributed by atoms with Gasteiger partial charge in [0.25, 0.3) is 0 Å². The number of hydrogen-bond acceptors (Lipinski definition) is 5. The summed E-state index contributed by atoms with van der Waals surface area (Å²) in [7, 11) is 0. The summed E-state index contributed by atoms with van der Waals surface area (Å²) in [6.07, 6.45) is 2.32. The highest BCUT2D eigenvalue weighted by atomic mass is 35.5. The Labute approximate surface area is 178 Å². The van der Waals surface area contributed by atoms with Crippen molar-refractivity contribution in [2.45, 2.75) is 18.9 Å². The van der Waals surface area contributed by atoms with E-state index < -0.39 is 5.97 Å². The van der Waals surface area contributed by atoms with Gasteiger partial charge in [0.2, 0.25) is 0 Å². The van der Waals surface area contributed by atoms with Crippen molar-refractivity contribution < 1.29 is 14.7 Å². The maximum Gasteiger partial charge on any atom is 0.336 e. The van der Waals surface area contributed by atoms with E-state index in [9.17, 15) is 9.59 Å². The van der Waals surface area contributed by atoms with Gasteiger partial charge in [-0.3, -0.25) is 14.7 Å². The van der Waals surface area contributed by atoms with E-state index in [1.54, 1.807) is 17.0 Å². The molecule has 1 aromatic carbocycles. The maximum absolute atomic E-state index is 12.6. The molecule has 158 valence electrons. The van der Waals surface area contributed by atoms with Crippen LogP contribution < -0.4 is 15.8 Å². The first-order chi connectivity index (χ1) is 12.6. The maximum atomic E-state index is 12.6. The minimum Gasteiger partial charge on any atom is -0.480 e. The lowest BCUT2D eigenvalue weighted by atomic mass is 10.0. The number of piperazine rings is 1. The summed E-state index contributed by atoms with van der Waals surface area (Å²) < 4.78 is 0. The molecule has 2 aliphatic heterocycles. The van der Waals surface area contributed by atoms with E-state index in [0.717, 1.165) is 39.0 Å². The number of urea groups is 1. The van der Waals surface area contributed by atoms with Crippen LogP contribution in [0.3, 0.4) is 0 Å². The highest BCUT2D eigenvalue weighted by molar-refractivity contribution is 5.85. The molecule has 3 N–H and O–H groups in total. The van der Waals surface area contributed by atoms with Gasteiger partial charge in [0.1, 0.15) is 6.54 Å². The number of nitrogens with zero attached hydrogens (tertiary/aromatic N) is 3. The molecule has 0 radical (unpaired) electrons. The van der Waals surface area contributed by atoms with Crippen molar-refractivity contribution in [1.29, 1.82) is 0 Å². The second-order valence-corrected chi connectivity index (χ2v) is 6.74. The summed E-state index contributed by atoms with van der Waals surface area (Å²) in [5, 5.41) is 13.9. The second-order valence-electron chi connectivity index (χ2n) is 6.74. The highest BCUT2D eigenvalue weighted by Crippen LogP contribution is 2.15. The van der Waals surface area contributed by atoms with E-state index >= 15 is 0 Å². The fourth-order valence-electron chi connectivity index (χ4n) is 3.59. The van der Waals surface area contributed by atoms with Crippen LogP contribution in [0.2, 0.25) is 0 Å². The van der Waals surface area contributed by atoms with Crippen molar-refractivity contribution in [1.82, 2.24) is 20.5 Å². The number of piperidine rings is 1. The van der Waals surface area contributed by atoms with Crippen LogP contribution in [0.1, 0.15) is 12.8 Å². The van der Waals surface area contributed by atoms with Crippen LogP contribution in [0, 0.1) is 0 Å². The number of halogens is 2. The average molecular weight is 434 g/mol. The first-order valence-electron chi connectivity index (χ1n) is 9.18. The van der Waals surface area contributed by atoms with Crippen molar-refractivity contribution in [2.24, 2.45) is 0 Å². The van der Waals surface area contributed by atoms with Crippen LogP contribution >= 0.6 is 24.8 Å². The largest absolute Gasteiger partial charge is 0.480 e. The third-order valence-electron chi connectivity index (χ3n) is 5.02. The average Bonchev–Trinajstić information content (AvgIpc) is 2.68. The predicted octanol–water partition coefficient (Wildman–Crippen LogP) is 1.42. The normalized spacial score (nSPS) is 17.8. The number of carboxylic acids is 1. The summed E-state index contributed by atoms with van der Waals surface area (Å²) in [4.78, 5) is 28.0. The standard InChI is InChI=1S/C18H27N5O3.2ClH/c24-17(25)14-23(16-4-2-1-3-5-16)20-18(26)22-12-10-21(11-13-22)15-6-8-19-9-7-15;;/h1-5,15,19H,6-14H2,(H,20,26)(H,24,25);2*1H. The van der Waals surface area contributed by atoms with Crippen molar-refractivity contribution in [2.75, 3.05) is 50.8 Å². The van der Waals surface area contributed by atoms with E-state index in [2.05, 4.69) is 15.6 Å². The molecule has 28 heavy (non-hydrogen) atoms. The van der Waals surface area contributed by atoms with Gasteiger partial charge >= 0.3 is 12.0 Å². The number of carboxylic acid groups (broad SMARTS) is 1. The van der Waals surface area contributed by atoms with Gasteiger partial charge in [0, 0.05) is 32.2 Å². The molecule has 8 nitrogen and oxygen atoms in total. The van der Waals surface area contributed by atoms with Gasteiger partial charge in [-0.25, -0.2) is 10.2 Å². The molecule has 2 aliphatic rings. The quantitative estimate of drug-likeness (QED) is 0.608. The number of hydrazine groups is 1. The lowest BCUT2D eigenvalue weighted by Gasteiger charge is -2.41. The number of aliphatic carboxylic acids is 1. The van der Waals surface area contributed by atoms with Gasteiger partial charge in [-0.15, -0.1) is 24.8 Å². The number of para-hydroxylation sites is 1. The molecule has 3 rings (SSSR count). The first kappa shape index (κ1) is 24.3. The van der Waals surface area contributed by atoms with Gasteiger partial charge < -0.3 is 15.3 Å². The van der Waals surface area contributed by atoms with Crippen molar-refractivity contribution in [3.05, 3.63) is 30.3 Å². The smallest absolute Gasteiger partial charge is 0.336 e. The van der Waals surface area contributed by atoms with Gasteiger partial charge in [-0.05, 0) is 38.1 Å². The zero-order chi connectivity index (χ0) is 18.4. The predicted molar refractivity (Wildman–Crippen MR) is 113 cm³/mol.